The Kier molecular flexibility index (Phi) is 2.38. The second kappa shape index (κ2) is 4.02. The van der Waals surface area contributed by atoms with E-state index in [2.05, 4.69) is 20.4 Å². The molecule has 0 amide bonds. The van der Waals surface area contributed by atoms with Gasteiger partial charge in [0.15, 0.2) is 0 Å². The quantitative estimate of drug-likeness (QED) is 0.836. The van der Waals surface area contributed by atoms with E-state index in [-0.39, 0.29) is 0 Å². The van der Waals surface area contributed by atoms with Crippen LogP contribution in [0, 0.1) is 0 Å². The predicted octanol–water partition coefficient (Wildman–Crippen LogP) is 1.38. The molecule has 2 aromatic heterocycles. The third-order valence-corrected chi connectivity index (χ3v) is 2.53. The van der Waals surface area contributed by atoms with E-state index in [9.17, 15) is 0 Å². The van der Waals surface area contributed by atoms with Crippen LogP contribution in [0.3, 0.4) is 0 Å². The molecule has 16 heavy (non-hydrogen) atoms. The molecule has 82 valence electrons. The Hall–Kier alpha value is -1.75. The fraction of sp³-hybridized carbons (Fsp3) is 0.364. The molecule has 0 saturated heterocycles. The highest BCUT2D eigenvalue weighted by Gasteiger charge is 2.21. The molecular weight excluding hydrogens is 204 g/mol. The summed E-state index contributed by atoms with van der Waals surface area (Å²) in [6.45, 7) is 0.656. The summed E-state index contributed by atoms with van der Waals surface area (Å²) < 4.78 is 5.15. The van der Waals surface area contributed by atoms with Crippen LogP contribution in [0.5, 0.6) is 0 Å². The standard InChI is InChI=1S/C11H12N4O/c1-2-9(1)13-7-10-14-11(15-16-10)8-3-5-12-6-4-8/h3-6,9,13H,1-2,7H2. The molecule has 5 nitrogen and oxygen atoms in total. The van der Waals surface area contributed by atoms with Gasteiger partial charge in [0.2, 0.25) is 11.7 Å². The molecule has 0 aliphatic heterocycles. The zero-order valence-corrected chi connectivity index (χ0v) is 8.76. The summed E-state index contributed by atoms with van der Waals surface area (Å²) in [6.07, 6.45) is 5.94. The van der Waals surface area contributed by atoms with Crippen molar-refractivity contribution in [3.05, 3.63) is 30.4 Å². The van der Waals surface area contributed by atoms with Crippen molar-refractivity contribution < 1.29 is 4.52 Å². The topological polar surface area (TPSA) is 63.8 Å². The lowest BCUT2D eigenvalue weighted by molar-refractivity contribution is 0.367. The summed E-state index contributed by atoms with van der Waals surface area (Å²) in [7, 11) is 0. The Balaban J connectivity index is 1.71. The van der Waals surface area contributed by atoms with Crippen LogP contribution in [0.2, 0.25) is 0 Å². The first-order valence-corrected chi connectivity index (χ1v) is 5.38. The van der Waals surface area contributed by atoms with E-state index in [4.69, 9.17) is 4.52 Å². The van der Waals surface area contributed by atoms with Crippen molar-refractivity contribution in [3.63, 3.8) is 0 Å². The Morgan fingerprint density at radius 1 is 1.31 bits per heavy atom. The predicted molar refractivity (Wildman–Crippen MR) is 57.4 cm³/mol. The fourth-order valence-corrected chi connectivity index (χ4v) is 1.46. The molecule has 1 fully saturated rings. The van der Waals surface area contributed by atoms with Gasteiger partial charge in [-0.25, -0.2) is 0 Å². The van der Waals surface area contributed by atoms with Gasteiger partial charge in [-0.3, -0.25) is 4.98 Å². The molecule has 3 rings (SSSR count). The van der Waals surface area contributed by atoms with Crippen molar-refractivity contribution in [1.82, 2.24) is 20.4 Å². The molecule has 1 aliphatic carbocycles. The number of pyridine rings is 1. The zero-order valence-electron chi connectivity index (χ0n) is 8.76. The first-order chi connectivity index (χ1) is 7.92. The molecular formula is C11H12N4O. The van der Waals surface area contributed by atoms with Crippen LogP contribution in [0.1, 0.15) is 18.7 Å². The third kappa shape index (κ3) is 2.09. The Bertz CT molecular complexity index is 464. The van der Waals surface area contributed by atoms with E-state index in [0.29, 0.717) is 24.3 Å². The molecule has 1 saturated carbocycles. The minimum absolute atomic E-state index is 0.620. The molecule has 0 radical (unpaired) electrons. The normalized spacial score (nSPS) is 15.2. The molecule has 0 atom stereocenters. The van der Waals surface area contributed by atoms with Gasteiger partial charge in [-0.05, 0) is 25.0 Å². The second-order valence-electron chi connectivity index (χ2n) is 3.90. The lowest BCUT2D eigenvalue weighted by atomic mass is 10.2. The summed E-state index contributed by atoms with van der Waals surface area (Å²) in [5.41, 5.74) is 0.927. The van der Waals surface area contributed by atoms with Crippen LogP contribution in [-0.2, 0) is 6.54 Å². The van der Waals surface area contributed by atoms with E-state index in [1.165, 1.54) is 12.8 Å². The van der Waals surface area contributed by atoms with Crippen molar-refractivity contribution in [2.75, 3.05) is 0 Å². The summed E-state index contributed by atoms with van der Waals surface area (Å²) >= 11 is 0. The number of aromatic nitrogens is 3. The van der Waals surface area contributed by atoms with Gasteiger partial charge in [-0.2, -0.15) is 4.98 Å². The number of rotatable bonds is 4. The van der Waals surface area contributed by atoms with Crippen molar-refractivity contribution in [1.29, 1.82) is 0 Å². The molecule has 0 bridgehead atoms. The number of nitrogens with zero attached hydrogens (tertiary/aromatic N) is 3. The monoisotopic (exact) mass is 216 g/mol. The largest absolute Gasteiger partial charge is 0.338 e. The highest BCUT2D eigenvalue weighted by atomic mass is 16.5. The highest BCUT2D eigenvalue weighted by Crippen LogP contribution is 2.19. The minimum Gasteiger partial charge on any atom is -0.338 e. The molecule has 2 heterocycles. The molecule has 1 N–H and O–H groups in total. The maximum absolute atomic E-state index is 5.15. The van der Waals surface area contributed by atoms with Crippen molar-refractivity contribution in [2.24, 2.45) is 0 Å². The lowest BCUT2D eigenvalue weighted by Gasteiger charge is -1.94. The molecule has 0 spiro atoms. The van der Waals surface area contributed by atoms with Crippen LogP contribution in [0.15, 0.2) is 29.0 Å². The van der Waals surface area contributed by atoms with Gasteiger partial charge < -0.3 is 9.84 Å². The first-order valence-electron chi connectivity index (χ1n) is 5.38. The molecule has 2 aromatic rings. The van der Waals surface area contributed by atoms with Gasteiger partial charge in [0.05, 0.1) is 6.54 Å². The smallest absolute Gasteiger partial charge is 0.240 e. The van der Waals surface area contributed by atoms with Crippen LogP contribution in [0.4, 0.5) is 0 Å². The third-order valence-electron chi connectivity index (χ3n) is 2.53. The van der Waals surface area contributed by atoms with Crippen molar-refractivity contribution >= 4 is 0 Å². The van der Waals surface area contributed by atoms with Crippen molar-refractivity contribution in [2.45, 2.75) is 25.4 Å². The minimum atomic E-state index is 0.620. The van der Waals surface area contributed by atoms with Crippen LogP contribution in [0.25, 0.3) is 11.4 Å². The summed E-state index contributed by atoms with van der Waals surface area (Å²) in [6, 6.07) is 4.38. The molecule has 1 aliphatic rings. The maximum atomic E-state index is 5.15. The van der Waals surface area contributed by atoms with Gasteiger partial charge in [0.1, 0.15) is 0 Å². The lowest BCUT2D eigenvalue weighted by Crippen LogP contribution is -2.15. The maximum Gasteiger partial charge on any atom is 0.240 e. The highest BCUT2D eigenvalue weighted by molar-refractivity contribution is 5.52. The van der Waals surface area contributed by atoms with Gasteiger partial charge >= 0.3 is 0 Å². The average Bonchev–Trinajstić information content (AvgIpc) is 3.05. The Labute approximate surface area is 92.9 Å². The average molecular weight is 216 g/mol. The van der Waals surface area contributed by atoms with E-state index in [0.717, 1.165) is 5.56 Å². The van der Waals surface area contributed by atoms with E-state index >= 15 is 0 Å². The van der Waals surface area contributed by atoms with Crippen molar-refractivity contribution in [3.8, 4) is 11.4 Å². The SMILES string of the molecule is c1cc(-c2noc(CNC3CC3)n2)ccn1. The van der Waals surface area contributed by atoms with Crippen LogP contribution < -0.4 is 5.32 Å². The van der Waals surface area contributed by atoms with Gasteiger partial charge in [-0.1, -0.05) is 5.16 Å². The Morgan fingerprint density at radius 2 is 2.12 bits per heavy atom. The van der Waals surface area contributed by atoms with E-state index in [1.807, 2.05) is 12.1 Å². The van der Waals surface area contributed by atoms with E-state index < -0.39 is 0 Å². The summed E-state index contributed by atoms with van der Waals surface area (Å²) in [4.78, 5) is 8.26. The number of hydrogen-bond donors (Lipinski definition) is 1. The summed E-state index contributed by atoms with van der Waals surface area (Å²) in [5, 5.41) is 7.26. The van der Waals surface area contributed by atoms with Crippen LogP contribution in [-0.4, -0.2) is 21.2 Å². The fourth-order valence-electron chi connectivity index (χ4n) is 1.46. The van der Waals surface area contributed by atoms with Gasteiger partial charge in [0, 0.05) is 24.0 Å². The number of hydrogen-bond acceptors (Lipinski definition) is 5. The molecule has 5 heteroatoms. The van der Waals surface area contributed by atoms with Gasteiger partial charge in [-0.15, -0.1) is 0 Å². The molecule has 0 unspecified atom stereocenters. The number of nitrogens with one attached hydrogen (secondary N) is 1. The Morgan fingerprint density at radius 3 is 2.88 bits per heavy atom. The van der Waals surface area contributed by atoms with E-state index in [1.54, 1.807) is 12.4 Å². The first kappa shape index (κ1) is 9.47. The van der Waals surface area contributed by atoms with Crippen LogP contribution >= 0.6 is 0 Å². The second-order valence-corrected chi connectivity index (χ2v) is 3.90. The summed E-state index contributed by atoms with van der Waals surface area (Å²) in [5.74, 6) is 1.26. The van der Waals surface area contributed by atoms with Gasteiger partial charge in [0.25, 0.3) is 0 Å². The molecule has 0 aromatic carbocycles. The zero-order chi connectivity index (χ0) is 10.8.